The molecule has 0 aliphatic carbocycles. The Morgan fingerprint density at radius 2 is 1.77 bits per heavy atom. The lowest BCUT2D eigenvalue weighted by Crippen LogP contribution is -2.58. The van der Waals surface area contributed by atoms with Crippen LogP contribution in [0.4, 0.5) is 0 Å². The molecule has 1 fully saturated rings. The van der Waals surface area contributed by atoms with E-state index in [1.54, 1.807) is 7.11 Å². The van der Waals surface area contributed by atoms with E-state index in [9.17, 15) is 4.79 Å². The van der Waals surface area contributed by atoms with Crippen molar-refractivity contribution in [2.75, 3.05) is 13.7 Å². The highest BCUT2D eigenvalue weighted by atomic mass is 28.2. The zero-order valence-corrected chi connectivity index (χ0v) is 19.8. The van der Waals surface area contributed by atoms with Crippen LogP contribution >= 0.6 is 0 Å². The third-order valence-electron chi connectivity index (χ3n) is 5.60. The van der Waals surface area contributed by atoms with Gasteiger partial charge in [0.2, 0.25) is 5.91 Å². The molecule has 2 rings (SSSR count). The van der Waals surface area contributed by atoms with E-state index in [1.165, 1.54) is 0 Å². The fourth-order valence-corrected chi connectivity index (χ4v) is 5.36. The van der Waals surface area contributed by atoms with Crippen molar-refractivity contribution < 1.29 is 18.4 Å². The number of benzene rings is 1. The molecule has 1 aromatic rings. The maximum atomic E-state index is 12.8. The second kappa shape index (κ2) is 9.17. The molecular weight excluding hydrogens is 362 g/mol. The molecule has 1 aliphatic heterocycles. The highest BCUT2D eigenvalue weighted by molar-refractivity contribution is 6.26. The van der Waals surface area contributed by atoms with Crippen molar-refractivity contribution in [3.63, 3.8) is 0 Å². The Morgan fingerprint density at radius 3 is 2.23 bits per heavy atom. The maximum Gasteiger partial charge on any atom is 0.228 e. The standard InChI is InChI=1S/C19H33NO4Si2/c1-13(19(2,3)18(23-25-5)24-26-6)16-12-20(17(16)21)11-14-7-9-15(22-4)10-8-14/h7-10,13,16,18H,11-12,25-26H2,1-6H3/t13-,16-/m1/s1. The maximum absolute atomic E-state index is 12.8. The summed E-state index contributed by atoms with van der Waals surface area (Å²) in [7, 11) is 0.547. The summed E-state index contributed by atoms with van der Waals surface area (Å²) < 4.78 is 17.1. The number of nitrogens with zero attached hydrogens (tertiary/aromatic N) is 1. The van der Waals surface area contributed by atoms with E-state index in [0.29, 0.717) is 6.54 Å². The topological polar surface area (TPSA) is 48.0 Å². The van der Waals surface area contributed by atoms with Gasteiger partial charge in [-0.3, -0.25) is 4.79 Å². The Morgan fingerprint density at radius 1 is 1.19 bits per heavy atom. The second-order valence-electron chi connectivity index (χ2n) is 7.53. The summed E-state index contributed by atoms with van der Waals surface area (Å²) in [5.41, 5.74) is 0.960. The highest BCUT2D eigenvalue weighted by Gasteiger charge is 2.48. The van der Waals surface area contributed by atoms with Gasteiger partial charge in [0.05, 0.1) is 13.0 Å². The van der Waals surface area contributed by atoms with Crippen molar-refractivity contribution in [3.05, 3.63) is 29.8 Å². The number of β-lactam (4-membered cyclic amide) rings is 1. The Labute approximate surface area is 162 Å². The fraction of sp³-hybridized carbons (Fsp3) is 0.632. The number of amides is 1. The Bertz CT molecular complexity index is 588. The number of ether oxygens (including phenoxy) is 1. The van der Waals surface area contributed by atoms with Gasteiger partial charge in [-0.15, -0.1) is 0 Å². The van der Waals surface area contributed by atoms with Crippen LogP contribution in [-0.4, -0.2) is 50.3 Å². The van der Waals surface area contributed by atoms with Crippen molar-refractivity contribution in [2.45, 2.75) is 46.7 Å². The van der Waals surface area contributed by atoms with E-state index in [-0.39, 0.29) is 29.4 Å². The first-order valence-electron chi connectivity index (χ1n) is 9.50. The Balaban J connectivity index is 1.97. The van der Waals surface area contributed by atoms with E-state index < -0.39 is 19.5 Å². The number of hydrogen-bond donors (Lipinski definition) is 0. The van der Waals surface area contributed by atoms with Crippen LogP contribution in [-0.2, 0) is 20.2 Å². The molecule has 146 valence electrons. The second-order valence-corrected chi connectivity index (χ2v) is 9.35. The highest BCUT2D eigenvalue weighted by Crippen LogP contribution is 2.41. The molecular formula is C19H33NO4Si2. The molecule has 0 spiro atoms. The van der Waals surface area contributed by atoms with E-state index in [2.05, 4.69) is 33.9 Å². The Kier molecular flexibility index (Phi) is 7.46. The monoisotopic (exact) mass is 395 g/mol. The fourth-order valence-electron chi connectivity index (χ4n) is 3.51. The van der Waals surface area contributed by atoms with E-state index in [4.69, 9.17) is 13.6 Å². The zero-order valence-electron chi connectivity index (χ0n) is 17.0. The van der Waals surface area contributed by atoms with Gasteiger partial charge in [0.15, 0.2) is 19.5 Å². The molecule has 1 amide bonds. The molecule has 5 nitrogen and oxygen atoms in total. The van der Waals surface area contributed by atoms with E-state index in [0.717, 1.165) is 17.9 Å². The summed E-state index contributed by atoms with van der Waals surface area (Å²) in [6.45, 7) is 12.2. The van der Waals surface area contributed by atoms with Crippen LogP contribution < -0.4 is 4.74 Å². The molecule has 0 bridgehead atoms. The van der Waals surface area contributed by atoms with Crippen LogP contribution in [0.25, 0.3) is 0 Å². The van der Waals surface area contributed by atoms with Crippen LogP contribution in [0.1, 0.15) is 26.3 Å². The normalized spacial score (nSPS) is 20.8. The minimum Gasteiger partial charge on any atom is -0.497 e. The number of carbonyl (C=O) groups excluding carboxylic acids is 1. The summed E-state index contributed by atoms with van der Waals surface area (Å²) in [5, 5.41) is 0. The molecule has 1 saturated heterocycles. The molecule has 1 aromatic carbocycles. The molecule has 0 N–H and O–H groups in total. The number of likely N-dealkylation sites (tertiary alicyclic amines) is 1. The first kappa shape index (κ1) is 21.1. The predicted molar refractivity (Wildman–Crippen MR) is 110 cm³/mol. The largest absolute Gasteiger partial charge is 0.497 e. The van der Waals surface area contributed by atoms with Gasteiger partial charge < -0.3 is 18.5 Å². The molecule has 0 saturated carbocycles. The smallest absolute Gasteiger partial charge is 0.228 e. The summed E-state index contributed by atoms with van der Waals surface area (Å²) >= 11 is 0. The van der Waals surface area contributed by atoms with Gasteiger partial charge in [-0.2, -0.15) is 0 Å². The van der Waals surface area contributed by atoms with Gasteiger partial charge >= 0.3 is 0 Å². The van der Waals surface area contributed by atoms with Gasteiger partial charge in [-0.1, -0.05) is 46.0 Å². The van der Waals surface area contributed by atoms with Gasteiger partial charge in [0.25, 0.3) is 0 Å². The summed E-state index contributed by atoms with van der Waals surface area (Å²) in [6.07, 6.45) is -0.172. The number of methoxy groups -OCH3 is 1. The lowest BCUT2D eigenvalue weighted by Gasteiger charge is -2.48. The quantitative estimate of drug-likeness (QED) is 0.345. The number of carbonyl (C=O) groups is 1. The molecule has 1 aliphatic rings. The Hall–Kier alpha value is -1.16. The van der Waals surface area contributed by atoms with Gasteiger partial charge in [-0.25, -0.2) is 0 Å². The molecule has 2 atom stereocenters. The average Bonchev–Trinajstić information content (AvgIpc) is 2.64. The third-order valence-corrected chi connectivity index (χ3v) is 6.87. The average molecular weight is 396 g/mol. The molecule has 1 heterocycles. The first-order chi connectivity index (χ1) is 12.3. The molecule has 26 heavy (non-hydrogen) atoms. The molecule has 0 aromatic heterocycles. The molecule has 0 unspecified atom stereocenters. The summed E-state index contributed by atoms with van der Waals surface area (Å²) in [6, 6.07) is 7.90. The first-order valence-corrected chi connectivity index (χ1v) is 13.5. The van der Waals surface area contributed by atoms with Crippen molar-refractivity contribution in [2.24, 2.45) is 17.3 Å². The van der Waals surface area contributed by atoms with Crippen LogP contribution in [0, 0.1) is 17.3 Å². The van der Waals surface area contributed by atoms with Crippen LogP contribution in [0.3, 0.4) is 0 Å². The lowest BCUT2D eigenvalue weighted by molar-refractivity contribution is -0.164. The predicted octanol–water partition coefficient (Wildman–Crippen LogP) is 1.94. The van der Waals surface area contributed by atoms with Crippen molar-refractivity contribution in [3.8, 4) is 5.75 Å². The van der Waals surface area contributed by atoms with E-state index >= 15 is 0 Å². The molecule has 0 radical (unpaired) electrons. The van der Waals surface area contributed by atoms with Gasteiger partial charge in [0, 0.05) is 18.5 Å². The van der Waals surface area contributed by atoms with Crippen LogP contribution in [0.15, 0.2) is 24.3 Å². The minimum absolute atomic E-state index is 0.0509. The SMILES string of the molecule is COc1ccc(CN2C[C@H]([C@@H](C)C(C)(C)C(O[SiH2]C)O[SiH2]C)C2=O)cc1. The molecule has 7 heteroatoms. The van der Waals surface area contributed by atoms with Gasteiger partial charge in [0.1, 0.15) is 12.0 Å². The van der Waals surface area contributed by atoms with Crippen LogP contribution in [0.5, 0.6) is 5.75 Å². The van der Waals surface area contributed by atoms with Crippen molar-refractivity contribution in [1.82, 2.24) is 4.90 Å². The van der Waals surface area contributed by atoms with E-state index in [1.807, 2.05) is 29.2 Å². The summed E-state index contributed by atoms with van der Waals surface area (Å²) in [4.78, 5) is 14.7. The van der Waals surface area contributed by atoms with Crippen molar-refractivity contribution >= 4 is 25.4 Å². The van der Waals surface area contributed by atoms with Crippen LogP contribution in [0.2, 0.25) is 13.1 Å². The lowest BCUT2D eigenvalue weighted by atomic mass is 9.69. The third kappa shape index (κ3) is 4.57. The number of rotatable bonds is 10. The van der Waals surface area contributed by atoms with Gasteiger partial charge in [-0.05, 0) is 23.6 Å². The minimum atomic E-state index is -0.555. The summed E-state index contributed by atoms with van der Waals surface area (Å²) in [5.74, 6) is 1.34. The van der Waals surface area contributed by atoms with Crippen molar-refractivity contribution in [1.29, 1.82) is 0 Å². The number of hydrogen-bond acceptors (Lipinski definition) is 4. The zero-order chi connectivity index (χ0) is 19.3.